The number of non-ortho nitro benzene ring substituents is 1. The number of fused-ring (bicyclic) bond motifs is 1. The first-order valence-electron chi connectivity index (χ1n) is 7.64. The van der Waals surface area contributed by atoms with Crippen LogP contribution in [0, 0.1) is 30.3 Å². The van der Waals surface area contributed by atoms with Crippen molar-refractivity contribution in [1.29, 1.82) is 0 Å². The third-order valence-corrected chi connectivity index (χ3v) is 3.69. The number of nitro benzene ring substituents is 3. The highest BCUT2D eigenvalue weighted by Crippen LogP contribution is 2.38. The second kappa shape index (κ2) is 8.04. The molecule has 0 bridgehead atoms. The molecule has 0 radical (unpaired) electrons. The summed E-state index contributed by atoms with van der Waals surface area (Å²) in [6.07, 6.45) is 2.49. The number of hydrogen-bond acceptors (Lipinski definition) is 10. The number of aromatic hydroxyl groups is 1. The molecule has 0 saturated carbocycles. The first-order chi connectivity index (χ1) is 12.3. The zero-order valence-corrected chi connectivity index (χ0v) is 13.5. The van der Waals surface area contributed by atoms with Crippen LogP contribution in [0.5, 0.6) is 5.75 Å². The highest BCUT2D eigenvalue weighted by Gasteiger charge is 2.30. The maximum atomic E-state index is 10.4. The lowest BCUT2D eigenvalue weighted by atomic mass is 10.2. The van der Waals surface area contributed by atoms with Crippen LogP contribution in [-0.2, 0) is 0 Å². The SMILES string of the molecule is C1CN=C2NCCCN2C1.O=[N+]([O-])c1cc([N+](=O)[O-])c(O)c([N+](=O)[O-])c1. The van der Waals surface area contributed by atoms with Crippen LogP contribution >= 0.6 is 0 Å². The molecule has 2 heterocycles. The second-order valence-corrected chi connectivity index (χ2v) is 5.43. The third-order valence-electron chi connectivity index (χ3n) is 3.69. The number of phenolic OH excluding ortho intramolecular Hbond substituents is 1. The summed E-state index contributed by atoms with van der Waals surface area (Å²) < 4.78 is 0. The van der Waals surface area contributed by atoms with E-state index in [0.29, 0.717) is 12.1 Å². The van der Waals surface area contributed by atoms with Gasteiger partial charge >= 0.3 is 11.4 Å². The number of benzene rings is 1. The minimum Gasteiger partial charge on any atom is -0.497 e. The van der Waals surface area contributed by atoms with E-state index in [1.165, 1.54) is 25.9 Å². The van der Waals surface area contributed by atoms with Gasteiger partial charge in [0, 0.05) is 26.2 Å². The number of nitro groups is 3. The Morgan fingerprint density at radius 2 is 1.58 bits per heavy atom. The fraction of sp³-hybridized carbons (Fsp3) is 0.462. The molecule has 3 rings (SSSR count). The molecule has 1 fully saturated rings. The molecule has 140 valence electrons. The number of aliphatic imine (C=N–C) groups is 1. The fourth-order valence-corrected chi connectivity index (χ4v) is 2.48. The standard InChI is InChI=1S/C7H13N3.C6H3N3O7/c1-3-8-7-9-4-2-6-10(7)5-1;10-6-4(8(13)14)1-3(7(11)12)2-5(6)9(15)16/h1-6H2,(H,8,9);1-2,10H. The van der Waals surface area contributed by atoms with Crippen LogP contribution in [0.2, 0.25) is 0 Å². The Kier molecular flexibility index (Phi) is 5.82. The van der Waals surface area contributed by atoms with Crippen molar-refractivity contribution >= 4 is 23.0 Å². The fourth-order valence-electron chi connectivity index (χ4n) is 2.48. The van der Waals surface area contributed by atoms with E-state index in [4.69, 9.17) is 5.11 Å². The van der Waals surface area contributed by atoms with Gasteiger partial charge < -0.3 is 15.3 Å². The monoisotopic (exact) mass is 368 g/mol. The highest BCUT2D eigenvalue weighted by molar-refractivity contribution is 5.81. The summed E-state index contributed by atoms with van der Waals surface area (Å²) >= 11 is 0. The Bertz CT molecular complexity index is 730. The van der Waals surface area contributed by atoms with Crippen molar-refractivity contribution in [3.8, 4) is 5.75 Å². The van der Waals surface area contributed by atoms with Gasteiger partial charge in [-0.2, -0.15) is 0 Å². The van der Waals surface area contributed by atoms with E-state index in [-0.39, 0.29) is 0 Å². The van der Waals surface area contributed by atoms with E-state index in [1.54, 1.807) is 0 Å². The summed E-state index contributed by atoms with van der Waals surface area (Å²) in [5, 5.41) is 43.5. The van der Waals surface area contributed by atoms with E-state index in [2.05, 4.69) is 15.2 Å². The summed E-state index contributed by atoms with van der Waals surface area (Å²) in [5.74, 6) is -0.0712. The second-order valence-electron chi connectivity index (χ2n) is 5.43. The zero-order valence-electron chi connectivity index (χ0n) is 13.5. The predicted molar refractivity (Wildman–Crippen MR) is 89.2 cm³/mol. The lowest BCUT2D eigenvalue weighted by Crippen LogP contribution is -2.49. The summed E-state index contributed by atoms with van der Waals surface area (Å²) in [6, 6.07) is 0.894. The minimum absolute atomic E-state index is 0.447. The van der Waals surface area contributed by atoms with Gasteiger partial charge in [0.15, 0.2) is 5.96 Å². The quantitative estimate of drug-likeness (QED) is 0.585. The summed E-state index contributed by atoms with van der Waals surface area (Å²) in [5.41, 5.74) is -3.00. The van der Waals surface area contributed by atoms with Crippen molar-refractivity contribution in [3.05, 3.63) is 42.5 Å². The molecule has 0 aliphatic carbocycles. The van der Waals surface area contributed by atoms with Gasteiger partial charge in [-0.3, -0.25) is 35.3 Å². The molecule has 2 aliphatic heterocycles. The molecular weight excluding hydrogens is 352 g/mol. The van der Waals surface area contributed by atoms with E-state index >= 15 is 0 Å². The molecule has 1 aromatic rings. The van der Waals surface area contributed by atoms with Crippen LogP contribution in [0.15, 0.2) is 17.1 Å². The molecule has 1 saturated heterocycles. The Morgan fingerprint density at radius 1 is 1.00 bits per heavy atom. The predicted octanol–water partition coefficient (Wildman–Crippen LogP) is 1.16. The van der Waals surface area contributed by atoms with E-state index in [9.17, 15) is 30.3 Å². The van der Waals surface area contributed by atoms with Crippen LogP contribution in [-0.4, -0.2) is 56.9 Å². The van der Waals surface area contributed by atoms with Gasteiger partial charge in [-0.05, 0) is 12.8 Å². The van der Waals surface area contributed by atoms with Crippen molar-refractivity contribution < 1.29 is 19.9 Å². The Morgan fingerprint density at radius 3 is 2.08 bits per heavy atom. The van der Waals surface area contributed by atoms with Gasteiger partial charge in [-0.15, -0.1) is 0 Å². The largest absolute Gasteiger partial charge is 0.497 e. The number of hydrogen-bond donors (Lipinski definition) is 2. The van der Waals surface area contributed by atoms with Crippen LogP contribution in [0.3, 0.4) is 0 Å². The lowest BCUT2D eigenvalue weighted by Gasteiger charge is -2.33. The van der Waals surface area contributed by atoms with Gasteiger partial charge in [0.2, 0.25) is 0 Å². The van der Waals surface area contributed by atoms with Gasteiger partial charge in [-0.1, -0.05) is 0 Å². The molecular formula is C13H16N6O7. The number of guanidine groups is 1. The van der Waals surface area contributed by atoms with Crippen LogP contribution < -0.4 is 5.32 Å². The highest BCUT2D eigenvalue weighted by atomic mass is 16.6. The third kappa shape index (κ3) is 4.31. The van der Waals surface area contributed by atoms with E-state index in [1.807, 2.05) is 0 Å². The molecule has 0 spiro atoms. The van der Waals surface area contributed by atoms with Crippen LogP contribution in [0.1, 0.15) is 12.8 Å². The molecule has 1 aromatic carbocycles. The molecule has 0 aromatic heterocycles. The van der Waals surface area contributed by atoms with Crippen molar-refractivity contribution in [2.75, 3.05) is 26.2 Å². The zero-order chi connectivity index (χ0) is 19.3. The molecule has 0 amide bonds. The molecule has 2 N–H and O–H groups in total. The summed E-state index contributed by atoms with van der Waals surface area (Å²) in [6.45, 7) is 4.52. The lowest BCUT2D eigenvalue weighted by molar-refractivity contribution is -0.404. The summed E-state index contributed by atoms with van der Waals surface area (Å²) in [7, 11) is 0. The topological polar surface area (TPSA) is 177 Å². The Labute approximate surface area is 146 Å². The molecule has 26 heavy (non-hydrogen) atoms. The van der Waals surface area contributed by atoms with Crippen LogP contribution in [0.4, 0.5) is 17.1 Å². The van der Waals surface area contributed by atoms with Gasteiger partial charge in [0.05, 0.1) is 26.9 Å². The summed E-state index contributed by atoms with van der Waals surface area (Å²) in [4.78, 5) is 34.5. The average Bonchev–Trinajstić information content (AvgIpc) is 2.61. The van der Waals surface area contributed by atoms with Gasteiger partial charge in [-0.25, -0.2) is 0 Å². The first kappa shape index (κ1) is 18.8. The van der Waals surface area contributed by atoms with E-state index < -0.39 is 37.6 Å². The Hall–Kier alpha value is -3.51. The Balaban J connectivity index is 0.000000206. The molecule has 0 unspecified atom stereocenters. The molecule has 13 heteroatoms. The molecule has 0 atom stereocenters. The number of nitrogens with zero attached hydrogens (tertiary/aromatic N) is 5. The first-order valence-corrected chi connectivity index (χ1v) is 7.64. The number of phenols is 1. The number of rotatable bonds is 3. The number of nitrogens with one attached hydrogen (secondary N) is 1. The van der Waals surface area contributed by atoms with Crippen molar-refractivity contribution in [3.63, 3.8) is 0 Å². The average molecular weight is 368 g/mol. The van der Waals surface area contributed by atoms with Crippen molar-refractivity contribution in [2.24, 2.45) is 4.99 Å². The van der Waals surface area contributed by atoms with Gasteiger partial charge in [0.1, 0.15) is 0 Å². The molecule has 13 nitrogen and oxygen atoms in total. The normalized spacial score (nSPS) is 15.5. The maximum absolute atomic E-state index is 10.4. The maximum Gasteiger partial charge on any atom is 0.324 e. The van der Waals surface area contributed by atoms with Crippen LogP contribution in [0.25, 0.3) is 0 Å². The van der Waals surface area contributed by atoms with Crippen molar-refractivity contribution in [2.45, 2.75) is 12.8 Å². The molecule has 2 aliphatic rings. The van der Waals surface area contributed by atoms with Gasteiger partial charge in [0.25, 0.3) is 11.4 Å². The minimum atomic E-state index is -1.21. The van der Waals surface area contributed by atoms with E-state index in [0.717, 1.165) is 19.0 Å². The van der Waals surface area contributed by atoms with Crippen molar-refractivity contribution in [1.82, 2.24) is 10.2 Å². The smallest absolute Gasteiger partial charge is 0.324 e.